The lowest BCUT2D eigenvalue weighted by Gasteiger charge is -2.30. The quantitative estimate of drug-likeness (QED) is 0.701. The fraction of sp³-hybridized carbons (Fsp3) is 0.409. The molecule has 3 aromatic rings. The van der Waals surface area contributed by atoms with Crippen molar-refractivity contribution in [2.75, 3.05) is 33.7 Å². The summed E-state index contributed by atoms with van der Waals surface area (Å²) < 4.78 is 1.79. The molecule has 0 spiro atoms. The molecule has 0 N–H and O–H groups in total. The minimum atomic E-state index is 0.0738. The van der Waals surface area contributed by atoms with Crippen LogP contribution in [0.3, 0.4) is 0 Å². The van der Waals surface area contributed by atoms with Crippen LogP contribution in [0.4, 0.5) is 0 Å². The fourth-order valence-corrected chi connectivity index (χ4v) is 4.23. The lowest BCUT2D eigenvalue weighted by atomic mass is 9.89. The first-order valence-corrected chi connectivity index (χ1v) is 9.70. The summed E-state index contributed by atoms with van der Waals surface area (Å²) in [4.78, 5) is 21.4. The third kappa shape index (κ3) is 3.64. The van der Waals surface area contributed by atoms with Crippen LogP contribution in [0.1, 0.15) is 29.5 Å². The molecular weight excluding hydrogens is 350 g/mol. The number of benzene rings is 1. The Morgan fingerprint density at radius 1 is 1.18 bits per heavy atom. The van der Waals surface area contributed by atoms with Gasteiger partial charge in [-0.05, 0) is 62.2 Å². The molecule has 28 heavy (non-hydrogen) atoms. The van der Waals surface area contributed by atoms with Gasteiger partial charge in [0.05, 0.1) is 0 Å². The van der Waals surface area contributed by atoms with Gasteiger partial charge in [-0.15, -0.1) is 0 Å². The molecule has 1 aliphatic heterocycles. The maximum atomic E-state index is 12.9. The second-order valence-electron chi connectivity index (χ2n) is 8.42. The van der Waals surface area contributed by atoms with Crippen molar-refractivity contribution in [3.8, 4) is 11.1 Å². The number of aromatic nitrogens is 3. The van der Waals surface area contributed by atoms with Crippen LogP contribution in [0, 0.1) is 12.3 Å². The predicted molar refractivity (Wildman–Crippen MR) is 110 cm³/mol. The highest BCUT2D eigenvalue weighted by Gasteiger charge is 2.34. The molecule has 1 saturated heterocycles. The number of fused-ring (bicyclic) bond motifs is 1. The van der Waals surface area contributed by atoms with Crippen LogP contribution < -0.4 is 0 Å². The molecule has 0 saturated carbocycles. The predicted octanol–water partition coefficient (Wildman–Crippen LogP) is 3.12. The molecule has 1 aliphatic rings. The number of carbonyl (C=O) groups excluding carboxylic acids is 1. The topological polar surface area (TPSA) is 53.7 Å². The number of hydrogen-bond acceptors (Lipinski definition) is 4. The Hall–Kier alpha value is -2.73. The van der Waals surface area contributed by atoms with Crippen molar-refractivity contribution >= 4 is 11.6 Å². The van der Waals surface area contributed by atoms with Crippen molar-refractivity contribution < 1.29 is 4.79 Å². The smallest absolute Gasteiger partial charge is 0.253 e. The zero-order valence-electron chi connectivity index (χ0n) is 17.0. The molecule has 146 valence electrons. The van der Waals surface area contributed by atoms with Gasteiger partial charge in [0.1, 0.15) is 5.82 Å². The van der Waals surface area contributed by atoms with E-state index in [1.165, 1.54) is 0 Å². The number of pyridine rings is 1. The highest BCUT2D eigenvalue weighted by molar-refractivity contribution is 5.94. The lowest BCUT2D eigenvalue weighted by molar-refractivity contribution is 0.0730. The van der Waals surface area contributed by atoms with Crippen molar-refractivity contribution in [1.82, 2.24) is 24.4 Å². The van der Waals surface area contributed by atoms with Gasteiger partial charge in [0, 0.05) is 37.5 Å². The zero-order chi connectivity index (χ0) is 19.9. The van der Waals surface area contributed by atoms with Crippen LogP contribution in [0.5, 0.6) is 0 Å². The Labute approximate surface area is 165 Å². The second kappa shape index (κ2) is 7.02. The first kappa shape index (κ1) is 18.6. The highest BCUT2D eigenvalue weighted by Crippen LogP contribution is 2.30. The summed E-state index contributed by atoms with van der Waals surface area (Å²) in [6, 6.07) is 11.8. The molecular formula is C22H27N5O. The van der Waals surface area contributed by atoms with Crippen LogP contribution in [0.15, 0.2) is 42.6 Å². The minimum absolute atomic E-state index is 0.0738. The summed E-state index contributed by atoms with van der Waals surface area (Å²) in [7, 11) is 4.05. The van der Waals surface area contributed by atoms with E-state index in [4.69, 9.17) is 0 Å². The zero-order valence-corrected chi connectivity index (χ0v) is 17.0. The molecule has 2 aromatic heterocycles. The van der Waals surface area contributed by atoms with Gasteiger partial charge in [-0.1, -0.05) is 19.1 Å². The molecule has 0 aliphatic carbocycles. The van der Waals surface area contributed by atoms with Gasteiger partial charge < -0.3 is 9.80 Å². The number of carbonyl (C=O) groups is 1. The van der Waals surface area contributed by atoms with E-state index < -0.39 is 0 Å². The Bertz CT molecular complexity index is 1010. The average molecular weight is 377 g/mol. The summed E-state index contributed by atoms with van der Waals surface area (Å²) in [5.41, 5.74) is 3.83. The maximum absolute atomic E-state index is 12.9. The third-order valence-electron chi connectivity index (χ3n) is 5.62. The Morgan fingerprint density at radius 2 is 1.89 bits per heavy atom. The molecule has 1 amide bonds. The summed E-state index contributed by atoms with van der Waals surface area (Å²) >= 11 is 0. The van der Waals surface area contributed by atoms with Crippen molar-refractivity contribution in [3.05, 3.63) is 54.0 Å². The third-order valence-corrected chi connectivity index (χ3v) is 5.62. The van der Waals surface area contributed by atoms with Crippen LogP contribution >= 0.6 is 0 Å². The Kier molecular flexibility index (Phi) is 4.67. The maximum Gasteiger partial charge on any atom is 0.253 e. The standard InChI is InChI=1S/C22H27N5O/c1-16-23-20-10-9-19(13-27(20)24-16)17-5-7-18(8-6-17)21(28)26(4)15-22(2)11-12-25(3)14-22/h5-10,13H,11-12,14-15H2,1-4H3. The lowest BCUT2D eigenvalue weighted by Crippen LogP contribution is -2.38. The first-order valence-electron chi connectivity index (χ1n) is 9.70. The normalized spacial score (nSPS) is 20.0. The van der Waals surface area contributed by atoms with E-state index >= 15 is 0 Å². The second-order valence-corrected chi connectivity index (χ2v) is 8.42. The average Bonchev–Trinajstić information content (AvgIpc) is 3.21. The van der Waals surface area contributed by atoms with Gasteiger partial charge in [0.15, 0.2) is 5.65 Å². The molecule has 1 unspecified atom stereocenters. The summed E-state index contributed by atoms with van der Waals surface area (Å²) in [5.74, 6) is 0.827. The molecule has 6 nitrogen and oxygen atoms in total. The number of hydrogen-bond donors (Lipinski definition) is 0. The molecule has 0 radical (unpaired) electrons. The van der Waals surface area contributed by atoms with Gasteiger partial charge in [-0.3, -0.25) is 4.79 Å². The van der Waals surface area contributed by atoms with Crippen LogP contribution in [-0.2, 0) is 0 Å². The van der Waals surface area contributed by atoms with Gasteiger partial charge in [-0.25, -0.2) is 9.50 Å². The number of aryl methyl sites for hydroxylation is 1. The van der Waals surface area contributed by atoms with E-state index in [0.29, 0.717) is 0 Å². The van der Waals surface area contributed by atoms with E-state index in [-0.39, 0.29) is 11.3 Å². The van der Waals surface area contributed by atoms with E-state index in [9.17, 15) is 4.79 Å². The molecule has 4 rings (SSSR count). The fourth-order valence-electron chi connectivity index (χ4n) is 4.23. The van der Waals surface area contributed by atoms with Crippen LogP contribution in [0.2, 0.25) is 0 Å². The SMILES string of the molecule is Cc1nc2ccc(-c3ccc(C(=O)N(C)CC4(C)CCN(C)C4)cc3)cn2n1. The minimum Gasteiger partial charge on any atom is -0.341 e. The van der Waals surface area contributed by atoms with Crippen LogP contribution in [0.25, 0.3) is 16.8 Å². The van der Waals surface area contributed by atoms with Crippen molar-refractivity contribution in [2.45, 2.75) is 20.3 Å². The highest BCUT2D eigenvalue weighted by atomic mass is 16.2. The monoisotopic (exact) mass is 377 g/mol. The molecule has 1 aromatic carbocycles. The number of likely N-dealkylation sites (tertiary alicyclic amines) is 1. The van der Waals surface area contributed by atoms with Crippen LogP contribution in [-0.4, -0.2) is 64.0 Å². The van der Waals surface area contributed by atoms with E-state index in [1.807, 2.05) is 61.5 Å². The van der Waals surface area contributed by atoms with Gasteiger partial charge >= 0.3 is 0 Å². The number of rotatable bonds is 4. The van der Waals surface area contributed by atoms with Crippen molar-refractivity contribution in [1.29, 1.82) is 0 Å². The van der Waals surface area contributed by atoms with E-state index in [0.717, 1.165) is 54.2 Å². The van der Waals surface area contributed by atoms with E-state index in [1.54, 1.807) is 4.52 Å². The summed E-state index contributed by atoms with van der Waals surface area (Å²) in [6.07, 6.45) is 3.10. The first-order chi connectivity index (χ1) is 13.3. The van der Waals surface area contributed by atoms with Crippen molar-refractivity contribution in [3.63, 3.8) is 0 Å². The van der Waals surface area contributed by atoms with Gasteiger partial charge in [0.25, 0.3) is 5.91 Å². The largest absolute Gasteiger partial charge is 0.341 e. The Morgan fingerprint density at radius 3 is 2.57 bits per heavy atom. The Balaban J connectivity index is 1.49. The molecule has 0 bridgehead atoms. The van der Waals surface area contributed by atoms with Gasteiger partial charge in [0.2, 0.25) is 0 Å². The molecule has 1 atom stereocenters. The van der Waals surface area contributed by atoms with Gasteiger partial charge in [-0.2, -0.15) is 5.10 Å². The van der Waals surface area contributed by atoms with E-state index in [2.05, 4.69) is 29.0 Å². The van der Waals surface area contributed by atoms with Crippen molar-refractivity contribution in [2.24, 2.45) is 5.41 Å². The molecule has 1 fully saturated rings. The number of nitrogens with zero attached hydrogens (tertiary/aromatic N) is 5. The summed E-state index contributed by atoms with van der Waals surface area (Å²) in [6.45, 7) is 7.07. The molecule has 6 heteroatoms. The molecule has 3 heterocycles. The number of amides is 1. The summed E-state index contributed by atoms with van der Waals surface area (Å²) in [5, 5.41) is 4.37.